The minimum atomic E-state index is -0.195. The number of fused-ring (bicyclic) bond motifs is 1. The van der Waals surface area contributed by atoms with E-state index in [1.165, 1.54) is 10.8 Å². The maximum Gasteiger partial charge on any atom is 0.254 e. The van der Waals surface area contributed by atoms with Crippen LogP contribution in [0, 0.1) is 0 Å². The highest BCUT2D eigenvalue weighted by Gasteiger charge is 2.13. The number of nitrogens with zero attached hydrogens (tertiary/aromatic N) is 4. The molecule has 0 aliphatic rings. The van der Waals surface area contributed by atoms with Crippen molar-refractivity contribution in [2.24, 2.45) is 0 Å². The number of hydrogen-bond donors (Lipinski definition) is 1. The summed E-state index contributed by atoms with van der Waals surface area (Å²) >= 11 is 0. The van der Waals surface area contributed by atoms with Crippen LogP contribution in [-0.4, -0.2) is 39.7 Å². The van der Waals surface area contributed by atoms with Gasteiger partial charge in [-0.25, -0.2) is 4.98 Å². The fraction of sp³-hybridized carbons (Fsp3) is 0.143. The van der Waals surface area contributed by atoms with Gasteiger partial charge in [-0.1, -0.05) is 36.4 Å². The van der Waals surface area contributed by atoms with Crippen molar-refractivity contribution >= 4 is 17.5 Å². The third-order valence-electron chi connectivity index (χ3n) is 4.40. The van der Waals surface area contributed by atoms with Crippen LogP contribution in [-0.2, 0) is 11.2 Å². The summed E-state index contributed by atoms with van der Waals surface area (Å²) in [6, 6.07) is 16.9. The van der Waals surface area contributed by atoms with Gasteiger partial charge in [0, 0.05) is 11.6 Å². The molecule has 4 rings (SSSR count). The second-order valence-electron chi connectivity index (χ2n) is 6.28. The van der Waals surface area contributed by atoms with Crippen LogP contribution in [0.15, 0.2) is 60.9 Å². The van der Waals surface area contributed by atoms with Crippen LogP contribution in [0.3, 0.4) is 0 Å². The predicted octanol–water partition coefficient (Wildman–Crippen LogP) is 2.99. The normalized spacial score (nSPS) is 10.7. The SMILES string of the molecule is COc1ccc(CC(=O)Nc2cc(-c3ccccc3)nc3ncnn23)cc1OC. The Morgan fingerprint density at radius 2 is 1.83 bits per heavy atom. The Balaban J connectivity index is 1.60. The lowest BCUT2D eigenvalue weighted by Gasteiger charge is -2.11. The van der Waals surface area contributed by atoms with Gasteiger partial charge < -0.3 is 14.8 Å². The van der Waals surface area contributed by atoms with Crippen LogP contribution in [0.5, 0.6) is 11.5 Å². The van der Waals surface area contributed by atoms with E-state index in [1.807, 2.05) is 36.4 Å². The number of carbonyl (C=O) groups is 1. The van der Waals surface area contributed by atoms with Crippen LogP contribution in [0.2, 0.25) is 0 Å². The molecule has 2 aromatic heterocycles. The van der Waals surface area contributed by atoms with Crippen molar-refractivity contribution in [2.75, 3.05) is 19.5 Å². The van der Waals surface area contributed by atoms with Crippen molar-refractivity contribution < 1.29 is 14.3 Å². The van der Waals surface area contributed by atoms with E-state index in [2.05, 4.69) is 20.4 Å². The smallest absolute Gasteiger partial charge is 0.254 e. The molecule has 146 valence electrons. The van der Waals surface area contributed by atoms with E-state index in [1.54, 1.807) is 32.4 Å². The minimum absolute atomic E-state index is 0.166. The first kappa shape index (κ1) is 18.4. The van der Waals surface area contributed by atoms with E-state index in [0.29, 0.717) is 28.8 Å². The van der Waals surface area contributed by atoms with Crippen molar-refractivity contribution in [3.8, 4) is 22.8 Å². The number of aromatic nitrogens is 4. The molecule has 29 heavy (non-hydrogen) atoms. The molecule has 0 spiro atoms. The van der Waals surface area contributed by atoms with Gasteiger partial charge in [0.1, 0.15) is 12.1 Å². The molecule has 2 aromatic carbocycles. The second-order valence-corrected chi connectivity index (χ2v) is 6.28. The highest BCUT2D eigenvalue weighted by atomic mass is 16.5. The highest BCUT2D eigenvalue weighted by molar-refractivity contribution is 5.92. The number of hydrogen-bond acceptors (Lipinski definition) is 6. The van der Waals surface area contributed by atoms with E-state index < -0.39 is 0 Å². The summed E-state index contributed by atoms with van der Waals surface area (Å²) in [5.41, 5.74) is 2.42. The van der Waals surface area contributed by atoms with Gasteiger partial charge in [-0.15, -0.1) is 0 Å². The fourth-order valence-electron chi connectivity index (χ4n) is 3.02. The first-order chi connectivity index (χ1) is 14.2. The zero-order valence-corrected chi connectivity index (χ0v) is 16.0. The highest BCUT2D eigenvalue weighted by Crippen LogP contribution is 2.28. The Hall–Kier alpha value is -3.94. The first-order valence-corrected chi connectivity index (χ1v) is 8.95. The topological polar surface area (TPSA) is 90.6 Å². The maximum atomic E-state index is 12.7. The van der Waals surface area contributed by atoms with Gasteiger partial charge in [0.2, 0.25) is 5.91 Å². The Bertz CT molecular complexity index is 1160. The van der Waals surface area contributed by atoms with Gasteiger partial charge in [-0.05, 0) is 17.7 Å². The van der Waals surface area contributed by atoms with Crippen LogP contribution < -0.4 is 14.8 Å². The summed E-state index contributed by atoms with van der Waals surface area (Å²) in [5.74, 6) is 1.90. The number of benzene rings is 2. The van der Waals surface area contributed by atoms with E-state index >= 15 is 0 Å². The minimum Gasteiger partial charge on any atom is -0.493 e. The molecule has 0 saturated carbocycles. The summed E-state index contributed by atoms with van der Waals surface area (Å²) in [6.07, 6.45) is 1.57. The molecule has 0 saturated heterocycles. The molecule has 0 aliphatic carbocycles. The quantitative estimate of drug-likeness (QED) is 0.545. The molecular formula is C21H19N5O3. The summed E-state index contributed by atoms with van der Waals surface area (Å²) in [5, 5.41) is 7.06. The Morgan fingerprint density at radius 3 is 2.59 bits per heavy atom. The molecule has 1 amide bonds. The van der Waals surface area contributed by atoms with E-state index in [9.17, 15) is 4.79 Å². The monoisotopic (exact) mass is 389 g/mol. The molecule has 0 atom stereocenters. The van der Waals surface area contributed by atoms with Gasteiger partial charge in [0.25, 0.3) is 5.78 Å². The van der Waals surface area contributed by atoms with E-state index in [0.717, 1.165) is 11.1 Å². The van der Waals surface area contributed by atoms with Gasteiger partial charge in [-0.2, -0.15) is 14.6 Å². The molecule has 2 heterocycles. The summed E-state index contributed by atoms with van der Waals surface area (Å²) in [7, 11) is 3.13. The van der Waals surface area contributed by atoms with Crippen LogP contribution in [0.1, 0.15) is 5.56 Å². The molecule has 8 nitrogen and oxygen atoms in total. The zero-order chi connectivity index (χ0) is 20.2. The lowest BCUT2D eigenvalue weighted by Crippen LogP contribution is -2.17. The van der Waals surface area contributed by atoms with Crippen LogP contribution in [0.4, 0.5) is 5.82 Å². The van der Waals surface area contributed by atoms with Crippen LogP contribution >= 0.6 is 0 Å². The Labute approximate surface area is 167 Å². The van der Waals surface area contributed by atoms with Crippen molar-refractivity contribution in [2.45, 2.75) is 6.42 Å². The molecular weight excluding hydrogens is 370 g/mol. The molecule has 0 aliphatic heterocycles. The van der Waals surface area contributed by atoms with Crippen molar-refractivity contribution in [1.82, 2.24) is 19.6 Å². The summed E-state index contributed by atoms with van der Waals surface area (Å²) in [4.78, 5) is 21.3. The summed E-state index contributed by atoms with van der Waals surface area (Å²) in [6.45, 7) is 0. The Morgan fingerprint density at radius 1 is 1.03 bits per heavy atom. The Kier molecular flexibility index (Phi) is 5.07. The maximum absolute atomic E-state index is 12.7. The average molecular weight is 389 g/mol. The van der Waals surface area contributed by atoms with Crippen molar-refractivity contribution in [3.63, 3.8) is 0 Å². The number of amides is 1. The van der Waals surface area contributed by atoms with Gasteiger partial charge in [0.05, 0.1) is 26.3 Å². The third-order valence-corrected chi connectivity index (χ3v) is 4.40. The fourth-order valence-corrected chi connectivity index (χ4v) is 3.02. The zero-order valence-electron chi connectivity index (χ0n) is 16.0. The average Bonchev–Trinajstić information content (AvgIpc) is 3.23. The number of methoxy groups -OCH3 is 2. The van der Waals surface area contributed by atoms with Gasteiger partial charge >= 0.3 is 0 Å². The van der Waals surface area contributed by atoms with Crippen molar-refractivity contribution in [1.29, 1.82) is 0 Å². The lowest BCUT2D eigenvalue weighted by atomic mass is 10.1. The number of anilines is 1. The molecule has 0 fully saturated rings. The molecule has 4 aromatic rings. The first-order valence-electron chi connectivity index (χ1n) is 8.95. The molecule has 0 unspecified atom stereocenters. The second kappa shape index (κ2) is 7.97. The van der Waals surface area contributed by atoms with Crippen LogP contribution in [0.25, 0.3) is 17.0 Å². The van der Waals surface area contributed by atoms with Gasteiger partial charge in [0.15, 0.2) is 11.5 Å². The van der Waals surface area contributed by atoms with E-state index in [-0.39, 0.29) is 12.3 Å². The molecule has 1 N–H and O–H groups in total. The lowest BCUT2D eigenvalue weighted by molar-refractivity contribution is -0.115. The predicted molar refractivity (Wildman–Crippen MR) is 108 cm³/mol. The number of carbonyl (C=O) groups excluding carboxylic acids is 1. The van der Waals surface area contributed by atoms with E-state index in [4.69, 9.17) is 9.47 Å². The molecule has 8 heteroatoms. The third kappa shape index (κ3) is 3.86. The van der Waals surface area contributed by atoms with Crippen molar-refractivity contribution in [3.05, 3.63) is 66.5 Å². The number of nitrogens with one attached hydrogen (secondary N) is 1. The number of ether oxygens (including phenoxy) is 2. The summed E-state index contributed by atoms with van der Waals surface area (Å²) < 4.78 is 12.0. The number of rotatable bonds is 6. The standard InChI is InChI=1S/C21H19N5O3/c1-28-17-9-8-14(10-18(17)29-2)11-20(27)25-19-12-16(15-6-4-3-5-7-15)24-21-22-13-23-26(19)21/h3-10,12-13H,11H2,1-2H3,(H,25,27). The largest absolute Gasteiger partial charge is 0.493 e. The van der Waals surface area contributed by atoms with Gasteiger partial charge in [-0.3, -0.25) is 4.79 Å². The molecule has 0 radical (unpaired) electrons. The molecule has 0 bridgehead atoms.